The van der Waals surface area contributed by atoms with Crippen molar-refractivity contribution < 1.29 is 4.74 Å². The van der Waals surface area contributed by atoms with Crippen LogP contribution in [0.1, 0.15) is 11.1 Å². The molecular formula is C16H14Cl2N4OS. The second kappa shape index (κ2) is 7.70. The Kier molecular flexibility index (Phi) is 5.40. The number of H-pyrrole nitrogens is 1. The lowest BCUT2D eigenvalue weighted by atomic mass is 10.2. The Labute approximate surface area is 154 Å². The van der Waals surface area contributed by atoms with Gasteiger partial charge >= 0.3 is 0 Å². The molecule has 3 aromatic rings. The van der Waals surface area contributed by atoms with Crippen LogP contribution in [0.3, 0.4) is 0 Å². The smallest absolute Gasteiger partial charge is 0.214 e. The highest BCUT2D eigenvalue weighted by atomic mass is 35.5. The lowest BCUT2D eigenvalue weighted by Crippen LogP contribution is -2.13. The van der Waals surface area contributed by atoms with Gasteiger partial charge in [-0.25, -0.2) is 4.68 Å². The van der Waals surface area contributed by atoms with Crippen LogP contribution in [0.5, 0.6) is 5.75 Å². The van der Waals surface area contributed by atoms with Crippen molar-refractivity contribution in [2.45, 2.75) is 13.2 Å². The molecule has 5 nitrogen and oxygen atoms in total. The number of halogens is 2. The fraction of sp³-hybridized carbons (Fsp3) is 0.125. The van der Waals surface area contributed by atoms with E-state index in [9.17, 15) is 0 Å². The predicted molar refractivity (Wildman–Crippen MR) is 97.7 cm³/mol. The average molecular weight is 381 g/mol. The topological polar surface area (TPSA) is 54.9 Å². The maximum absolute atomic E-state index is 6.31. The Morgan fingerprint density at radius 3 is 2.46 bits per heavy atom. The quantitative estimate of drug-likeness (QED) is 0.615. The maximum Gasteiger partial charge on any atom is 0.214 e. The first-order chi connectivity index (χ1) is 11.6. The van der Waals surface area contributed by atoms with Crippen LogP contribution in [0.15, 0.2) is 48.8 Å². The zero-order valence-corrected chi connectivity index (χ0v) is 14.8. The molecule has 0 aliphatic rings. The van der Waals surface area contributed by atoms with Gasteiger partial charge in [-0.3, -0.25) is 5.10 Å². The van der Waals surface area contributed by atoms with E-state index < -0.39 is 0 Å². The van der Waals surface area contributed by atoms with Crippen LogP contribution in [0.25, 0.3) is 0 Å². The lowest BCUT2D eigenvalue weighted by molar-refractivity contribution is 0.306. The SMILES string of the molecule is S=c1[nH]ncn1NCc1cc(Cl)c(OCc2ccccc2)c(Cl)c1. The second-order valence-electron chi connectivity index (χ2n) is 5.03. The highest BCUT2D eigenvalue weighted by Gasteiger charge is 2.10. The fourth-order valence-corrected chi connectivity index (χ4v) is 2.93. The van der Waals surface area contributed by atoms with Crippen molar-refractivity contribution in [3.63, 3.8) is 0 Å². The molecule has 0 aliphatic heterocycles. The molecule has 0 unspecified atom stereocenters. The van der Waals surface area contributed by atoms with Crippen molar-refractivity contribution in [2.24, 2.45) is 0 Å². The fourth-order valence-electron chi connectivity index (χ4n) is 2.12. The monoisotopic (exact) mass is 380 g/mol. The number of hydrogen-bond donors (Lipinski definition) is 2. The number of ether oxygens (including phenoxy) is 1. The predicted octanol–water partition coefficient (Wildman–Crippen LogP) is 4.57. The molecule has 0 spiro atoms. The minimum Gasteiger partial charge on any atom is -0.486 e. The minimum absolute atomic E-state index is 0.405. The Morgan fingerprint density at radius 1 is 1.12 bits per heavy atom. The number of nitrogens with zero attached hydrogens (tertiary/aromatic N) is 2. The summed E-state index contributed by atoms with van der Waals surface area (Å²) >= 11 is 17.7. The highest BCUT2D eigenvalue weighted by molar-refractivity contribution is 7.71. The normalized spacial score (nSPS) is 10.6. The zero-order chi connectivity index (χ0) is 16.9. The third-order valence-electron chi connectivity index (χ3n) is 3.29. The van der Waals surface area contributed by atoms with Crippen molar-refractivity contribution in [2.75, 3.05) is 5.43 Å². The molecule has 0 atom stereocenters. The molecule has 0 amide bonds. The number of rotatable bonds is 6. The maximum atomic E-state index is 6.31. The van der Waals surface area contributed by atoms with Crippen molar-refractivity contribution in [1.82, 2.24) is 14.9 Å². The van der Waals surface area contributed by atoms with Gasteiger partial charge in [0.05, 0.1) is 16.6 Å². The first kappa shape index (κ1) is 16.8. The van der Waals surface area contributed by atoms with Gasteiger partial charge in [0.15, 0.2) is 5.75 Å². The van der Waals surface area contributed by atoms with Crippen LogP contribution in [0.2, 0.25) is 10.0 Å². The summed E-state index contributed by atoms with van der Waals surface area (Å²) in [5, 5.41) is 7.43. The molecule has 0 bridgehead atoms. The minimum atomic E-state index is 0.405. The van der Waals surface area contributed by atoms with Crippen LogP contribution >= 0.6 is 35.4 Å². The lowest BCUT2D eigenvalue weighted by Gasteiger charge is -2.13. The molecule has 0 fully saturated rings. The molecule has 3 rings (SSSR count). The third-order valence-corrected chi connectivity index (χ3v) is 4.14. The number of aromatic nitrogens is 3. The molecule has 0 saturated carbocycles. The van der Waals surface area contributed by atoms with Gasteiger partial charge < -0.3 is 10.2 Å². The van der Waals surface area contributed by atoms with Gasteiger partial charge in [0.2, 0.25) is 4.77 Å². The first-order valence-corrected chi connectivity index (χ1v) is 8.30. The molecule has 0 saturated heterocycles. The molecule has 1 heterocycles. The van der Waals surface area contributed by atoms with Gasteiger partial charge in [0, 0.05) is 0 Å². The van der Waals surface area contributed by atoms with E-state index in [-0.39, 0.29) is 0 Å². The number of aromatic amines is 1. The van der Waals surface area contributed by atoms with Crippen molar-refractivity contribution in [1.29, 1.82) is 0 Å². The van der Waals surface area contributed by atoms with E-state index in [0.29, 0.717) is 33.7 Å². The molecule has 8 heteroatoms. The van der Waals surface area contributed by atoms with Crippen LogP contribution in [0.4, 0.5) is 0 Å². The first-order valence-electron chi connectivity index (χ1n) is 7.14. The standard InChI is InChI=1S/C16H14Cl2N4OS/c17-13-6-12(8-20-22-10-19-21-16(22)24)7-14(18)15(13)23-9-11-4-2-1-3-5-11/h1-7,10,20H,8-9H2,(H,21,24). The molecule has 0 aliphatic carbocycles. The van der Waals surface area contributed by atoms with Gasteiger partial charge in [-0.15, -0.1) is 0 Å². The van der Waals surface area contributed by atoms with E-state index >= 15 is 0 Å². The Morgan fingerprint density at radius 2 is 1.83 bits per heavy atom. The van der Waals surface area contributed by atoms with Gasteiger partial charge in [0.25, 0.3) is 0 Å². The molecule has 2 aromatic carbocycles. The number of hydrogen-bond acceptors (Lipinski definition) is 4. The van der Waals surface area contributed by atoms with Crippen molar-refractivity contribution >= 4 is 35.4 Å². The van der Waals surface area contributed by atoms with Crippen LogP contribution < -0.4 is 10.2 Å². The summed E-state index contributed by atoms with van der Waals surface area (Å²) in [4.78, 5) is 0. The van der Waals surface area contributed by atoms with E-state index in [1.807, 2.05) is 42.5 Å². The van der Waals surface area contributed by atoms with Crippen LogP contribution in [-0.4, -0.2) is 14.9 Å². The summed E-state index contributed by atoms with van der Waals surface area (Å²) < 4.78 is 7.85. The largest absolute Gasteiger partial charge is 0.486 e. The molecule has 2 N–H and O–H groups in total. The van der Waals surface area contributed by atoms with Crippen LogP contribution in [-0.2, 0) is 13.2 Å². The zero-order valence-electron chi connectivity index (χ0n) is 12.5. The van der Waals surface area contributed by atoms with Gasteiger partial charge in [0.1, 0.15) is 12.9 Å². The van der Waals surface area contributed by atoms with Gasteiger partial charge in [-0.05, 0) is 35.5 Å². The summed E-state index contributed by atoms with van der Waals surface area (Å²) in [6, 6.07) is 13.4. The Balaban J connectivity index is 1.69. The van der Waals surface area contributed by atoms with E-state index in [1.165, 1.54) is 0 Å². The van der Waals surface area contributed by atoms with Crippen molar-refractivity contribution in [3.05, 3.63) is 74.7 Å². The summed E-state index contributed by atoms with van der Waals surface area (Å²) in [5.41, 5.74) is 5.05. The van der Waals surface area contributed by atoms with Crippen LogP contribution in [0, 0.1) is 4.77 Å². The molecule has 124 valence electrons. The molecule has 1 aromatic heterocycles. The van der Waals surface area contributed by atoms with E-state index in [0.717, 1.165) is 11.1 Å². The Hall–Kier alpha value is -2.02. The summed E-state index contributed by atoms with van der Waals surface area (Å²) in [6.45, 7) is 0.897. The molecule has 0 radical (unpaired) electrons. The number of benzene rings is 2. The summed E-state index contributed by atoms with van der Waals surface area (Å²) in [6.07, 6.45) is 1.56. The van der Waals surface area contributed by atoms with Gasteiger partial charge in [-0.1, -0.05) is 53.5 Å². The van der Waals surface area contributed by atoms with E-state index in [4.69, 9.17) is 40.2 Å². The van der Waals surface area contributed by atoms with E-state index in [1.54, 1.807) is 11.0 Å². The Bertz CT molecular complexity index is 856. The molecule has 24 heavy (non-hydrogen) atoms. The molecular weight excluding hydrogens is 367 g/mol. The second-order valence-corrected chi connectivity index (χ2v) is 6.23. The van der Waals surface area contributed by atoms with Gasteiger partial charge in [-0.2, -0.15) is 5.10 Å². The summed E-state index contributed by atoms with van der Waals surface area (Å²) in [5.74, 6) is 0.478. The van der Waals surface area contributed by atoms with Crippen molar-refractivity contribution in [3.8, 4) is 5.75 Å². The van der Waals surface area contributed by atoms with E-state index in [2.05, 4.69) is 15.6 Å². The average Bonchev–Trinajstić information content (AvgIpc) is 2.98. The highest BCUT2D eigenvalue weighted by Crippen LogP contribution is 2.34. The summed E-state index contributed by atoms with van der Waals surface area (Å²) in [7, 11) is 0. The third kappa shape index (κ3) is 4.08. The number of nitrogens with one attached hydrogen (secondary N) is 2.